The van der Waals surface area contributed by atoms with Crippen molar-refractivity contribution < 1.29 is 23.8 Å². The largest absolute Gasteiger partial charge is 0.496 e. The highest BCUT2D eigenvalue weighted by atomic mass is 19.1. The first-order valence-electron chi connectivity index (χ1n) is 12.4. The van der Waals surface area contributed by atoms with Crippen LogP contribution in [0.5, 0.6) is 5.75 Å². The number of morpholine rings is 1. The van der Waals surface area contributed by atoms with Gasteiger partial charge in [-0.25, -0.2) is 4.39 Å². The fourth-order valence-electron chi connectivity index (χ4n) is 4.87. The molecule has 0 bridgehead atoms. The molecule has 3 aromatic rings. The molecule has 1 atom stereocenters. The molecule has 1 unspecified atom stereocenters. The molecule has 196 valence electrons. The van der Waals surface area contributed by atoms with Crippen molar-refractivity contribution in [1.29, 1.82) is 0 Å². The zero-order valence-corrected chi connectivity index (χ0v) is 21.5. The average Bonchev–Trinajstić information content (AvgIpc) is 2.90. The molecule has 4 rings (SSSR count). The summed E-state index contributed by atoms with van der Waals surface area (Å²) in [6, 6.07) is 15.0. The van der Waals surface area contributed by atoms with E-state index in [2.05, 4.69) is 5.32 Å². The van der Waals surface area contributed by atoms with Crippen LogP contribution in [0, 0.1) is 19.7 Å². The molecule has 8 heteroatoms. The molecule has 0 spiro atoms. The van der Waals surface area contributed by atoms with Crippen molar-refractivity contribution in [1.82, 2.24) is 4.90 Å². The van der Waals surface area contributed by atoms with E-state index < -0.39 is 11.9 Å². The molecule has 0 aliphatic carbocycles. The second-order valence-electron chi connectivity index (χ2n) is 9.17. The quantitative estimate of drug-likeness (QED) is 0.428. The molecule has 37 heavy (non-hydrogen) atoms. The van der Waals surface area contributed by atoms with Gasteiger partial charge in [-0.2, -0.15) is 0 Å². The van der Waals surface area contributed by atoms with Gasteiger partial charge < -0.3 is 25.6 Å². The number of carbonyl (C=O) groups excluding carboxylic acids is 1. The SMILES string of the molecule is COc1cc(-c2cccc(-c3cccc(NC(=O)C4CN(CCO)CCO4)c3C)c2C)cc(F)c1CN. The maximum absolute atomic E-state index is 14.8. The Morgan fingerprint density at radius 3 is 2.57 bits per heavy atom. The van der Waals surface area contributed by atoms with Crippen molar-refractivity contribution in [2.75, 3.05) is 45.3 Å². The minimum absolute atomic E-state index is 0.0461. The number of nitrogens with zero attached hydrogens (tertiary/aromatic N) is 1. The molecular formula is C29H34FN3O4. The van der Waals surface area contributed by atoms with Crippen LogP contribution in [0.2, 0.25) is 0 Å². The molecule has 4 N–H and O–H groups in total. The lowest BCUT2D eigenvalue weighted by molar-refractivity contribution is -0.133. The molecule has 0 saturated carbocycles. The monoisotopic (exact) mass is 507 g/mol. The van der Waals surface area contributed by atoms with Crippen LogP contribution in [-0.2, 0) is 16.1 Å². The number of benzene rings is 3. The fourth-order valence-corrected chi connectivity index (χ4v) is 4.87. The first-order chi connectivity index (χ1) is 17.9. The van der Waals surface area contributed by atoms with Crippen molar-refractivity contribution in [2.24, 2.45) is 5.73 Å². The van der Waals surface area contributed by atoms with Crippen LogP contribution < -0.4 is 15.8 Å². The van der Waals surface area contributed by atoms with E-state index in [4.69, 9.17) is 15.2 Å². The number of halogens is 1. The lowest BCUT2D eigenvalue weighted by atomic mass is 9.90. The van der Waals surface area contributed by atoms with Gasteiger partial charge in [-0.15, -0.1) is 0 Å². The van der Waals surface area contributed by atoms with E-state index in [1.165, 1.54) is 13.2 Å². The number of β-amino-alcohol motifs (C(OH)–C–C–N with tert-alkyl or cyclic N) is 1. The number of nitrogens with two attached hydrogens (primary N) is 1. The molecule has 1 aliphatic heterocycles. The lowest BCUT2D eigenvalue weighted by Crippen LogP contribution is -2.48. The molecule has 1 amide bonds. The van der Waals surface area contributed by atoms with Gasteiger partial charge in [-0.3, -0.25) is 9.69 Å². The molecule has 0 radical (unpaired) electrons. The summed E-state index contributed by atoms with van der Waals surface area (Å²) in [7, 11) is 1.51. The fraction of sp³-hybridized carbons (Fsp3) is 0.345. The first kappa shape index (κ1) is 26.8. The van der Waals surface area contributed by atoms with Crippen LogP contribution in [0.1, 0.15) is 16.7 Å². The van der Waals surface area contributed by atoms with Crippen LogP contribution in [0.4, 0.5) is 10.1 Å². The summed E-state index contributed by atoms with van der Waals surface area (Å²) < 4.78 is 25.9. The number of ether oxygens (including phenoxy) is 2. The summed E-state index contributed by atoms with van der Waals surface area (Å²) in [5.41, 5.74) is 12.2. The minimum Gasteiger partial charge on any atom is -0.496 e. The lowest BCUT2D eigenvalue weighted by Gasteiger charge is -2.31. The molecule has 7 nitrogen and oxygen atoms in total. The van der Waals surface area contributed by atoms with Gasteiger partial charge in [-0.1, -0.05) is 30.3 Å². The van der Waals surface area contributed by atoms with E-state index in [1.807, 2.05) is 61.2 Å². The van der Waals surface area contributed by atoms with Gasteiger partial charge in [0.05, 0.1) is 20.3 Å². The molecule has 1 heterocycles. The standard InChI is InChI=1S/C29H34FN3O4/c1-18-21(20-14-25(30)24(16-31)27(15-20)36-3)6-4-7-22(18)23-8-5-9-26(19(23)2)32-29(35)28-17-33(10-12-34)11-13-37-28/h4-9,14-15,28,34H,10-13,16-17,31H2,1-3H3,(H,32,35). The number of methoxy groups -OCH3 is 1. The van der Waals surface area contributed by atoms with E-state index >= 15 is 0 Å². The Balaban J connectivity index is 1.64. The molecular weight excluding hydrogens is 473 g/mol. The second kappa shape index (κ2) is 11.8. The predicted octanol–water partition coefficient (Wildman–Crippen LogP) is 3.88. The van der Waals surface area contributed by atoms with E-state index in [-0.39, 0.29) is 19.1 Å². The Morgan fingerprint density at radius 1 is 1.16 bits per heavy atom. The zero-order valence-electron chi connectivity index (χ0n) is 21.5. The molecule has 1 saturated heterocycles. The predicted molar refractivity (Wildman–Crippen MR) is 143 cm³/mol. The van der Waals surface area contributed by atoms with Crippen molar-refractivity contribution in [2.45, 2.75) is 26.5 Å². The van der Waals surface area contributed by atoms with Crippen molar-refractivity contribution in [3.63, 3.8) is 0 Å². The summed E-state index contributed by atoms with van der Waals surface area (Å²) in [6.45, 7) is 6.16. The van der Waals surface area contributed by atoms with Gasteiger partial charge in [0.1, 0.15) is 17.7 Å². The van der Waals surface area contributed by atoms with E-state index in [0.29, 0.717) is 48.8 Å². The smallest absolute Gasteiger partial charge is 0.254 e. The zero-order chi connectivity index (χ0) is 26.5. The van der Waals surface area contributed by atoms with Crippen LogP contribution >= 0.6 is 0 Å². The van der Waals surface area contributed by atoms with E-state index in [1.54, 1.807) is 0 Å². The summed E-state index contributed by atoms with van der Waals surface area (Å²) in [5, 5.41) is 12.2. The highest BCUT2D eigenvalue weighted by molar-refractivity contribution is 5.96. The summed E-state index contributed by atoms with van der Waals surface area (Å²) >= 11 is 0. The Bertz CT molecular complexity index is 1280. The highest BCUT2D eigenvalue weighted by Gasteiger charge is 2.27. The third-order valence-corrected chi connectivity index (χ3v) is 6.96. The average molecular weight is 508 g/mol. The summed E-state index contributed by atoms with van der Waals surface area (Å²) in [6.07, 6.45) is -0.602. The maximum atomic E-state index is 14.8. The second-order valence-corrected chi connectivity index (χ2v) is 9.17. The van der Waals surface area contributed by atoms with Gasteiger partial charge in [0.2, 0.25) is 0 Å². The van der Waals surface area contributed by atoms with Crippen LogP contribution in [0.15, 0.2) is 48.5 Å². The Kier molecular flexibility index (Phi) is 8.56. The number of carbonyl (C=O) groups is 1. The first-order valence-corrected chi connectivity index (χ1v) is 12.4. The molecule has 0 aromatic heterocycles. The third kappa shape index (κ3) is 5.67. The summed E-state index contributed by atoms with van der Waals surface area (Å²) in [5.74, 6) is -0.188. The minimum atomic E-state index is -0.602. The van der Waals surface area contributed by atoms with Gasteiger partial charge in [0, 0.05) is 37.4 Å². The molecule has 3 aromatic carbocycles. The van der Waals surface area contributed by atoms with Gasteiger partial charge >= 0.3 is 0 Å². The number of rotatable bonds is 8. The Hall–Kier alpha value is -3.30. The normalized spacial score (nSPS) is 16.0. The maximum Gasteiger partial charge on any atom is 0.254 e. The highest BCUT2D eigenvalue weighted by Crippen LogP contribution is 2.37. The van der Waals surface area contributed by atoms with E-state index in [0.717, 1.165) is 27.8 Å². The number of anilines is 1. The summed E-state index contributed by atoms with van der Waals surface area (Å²) in [4.78, 5) is 15.0. The number of hydrogen-bond donors (Lipinski definition) is 3. The number of amides is 1. The van der Waals surface area contributed by atoms with Crippen LogP contribution in [0.25, 0.3) is 22.3 Å². The van der Waals surface area contributed by atoms with E-state index in [9.17, 15) is 14.3 Å². The number of nitrogens with one attached hydrogen (secondary N) is 1. The number of aliphatic hydroxyl groups is 1. The van der Waals surface area contributed by atoms with Crippen molar-refractivity contribution in [3.05, 3.63) is 71.0 Å². The topological polar surface area (TPSA) is 97.0 Å². The third-order valence-electron chi connectivity index (χ3n) is 6.96. The number of hydrogen-bond acceptors (Lipinski definition) is 6. The Labute approximate surface area is 217 Å². The van der Waals surface area contributed by atoms with Gasteiger partial charge in [0.25, 0.3) is 5.91 Å². The van der Waals surface area contributed by atoms with Gasteiger partial charge in [-0.05, 0) is 65.4 Å². The molecule has 1 fully saturated rings. The van der Waals surface area contributed by atoms with Crippen LogP contribution in [-0.4, -0.2) is 62.0 Å². The molecule has 1 aliphatic rings. The van der Waals surface area contributed by atoms with Crippen molar-refractivity contribution >= 4 is 11.6 Å². The Morgan fingerprint density at radius 2 is 1.86 bits per heavy atom. The van der Waals surface area contributed by atoms with Crippen LogP contribution in [0.3, 0.4) is 0 Å². The van der Waals surface area contributed by atoms with Gasteiger partial charge in [0.15, 0.2) is 0 Å². The number of aliphatic hydroxyl groups excluding tert-OH is 1. The van der Waals surface area contributed by atoms with Crippen molar-refractivity contribution in [3.8, 4) is 28.0 Å².